The van der Waals surface area contributed by atoms with Gasteiger partial charge in [0.05, 0.1) is 0 Å². The second kappa shape index (κ2) is 7.47. The van der Waals surface area contributed by atoms with E-state index in [4.69, 9.17) is 9.84 Å². The third-order valence-electron chi connectivity index (χ3n) is 2.67. The molecule has 0 spiro atoms. The number of carbonyl (C=O) groups is 2. The Morgan fingerprint density at radius 2 is 2.15 bits per heavy atom. The summed E-state index contributed by atoms with van der Waals surface area (Å²) in [6, 6.07) is 4.47. The van der Waals surface area contributed by atoms with Crippen molar-refractivity contribution in [3.8, 4) is 5.75 Å². The average Bonchev–Trinajstić information content (AvgIpc) is 2.37. The molecule has 110 valence electrons. The maximum atomic E-state index is 13.0. The first-order valence-electron chi connectivity index (χ1n) is 6.39. The molecule has 0 fully saturated rings. The summed E-state index contributed by atoms with van der Waals surface area (Å²) in [5, 5.41) is 11.4. The van der Waals surface area contributed by atoms with Crippen LogP contribution in [-0.2, 0) is 9.59 Å². The van der Waals surface area contributed by atoms with Crippen molar-refractivity contribution in [1.82, 2.24) is 5.32 Å². The third-order valence-corrected chi connectivity index (χ3v) is 2.67. The number of carboxylic acid groups (broad SMARTS) is 1. The van der Waals surface area contributed by atoms with Gasteiger partial charge in [-0.1, -0.05) is 19.4 Å². The lowest BCUT2D eigenvalue weighted by Gasteiger charge is -2.18. The minimum atomic E-state index is -1.09. The lowest BCUT2D eigenvalue weighted by atomic mass is 10.1. The summed E-state index contributed by atoms with van der Waals surface area (Å²) in [7, 11) is 0. The molecule has 20 heavy (non-hydrogen) atoms. The zero-order valence-electron chi connectivity index (χ0n) is 11.4. The van der Waals surface area contributed by atoms with Gasteiger partial charge < -0.3 is 15.2 Å². The third kappa shape index (κ3) is 4.87. The van der Waals surface area contributed by atoms with Crippen LogP contribution in [-0.4, -0.2) is 29.1 Å². The smallest absolute Gasteiger partial charge is 0.326 e. The van der Waals surface area contributed by atoms with Gasteiger partial charge >= 0.3 is 5.97 Å². The monoisotopic (exact) mass is 283 g/mol. The highest BCUT2D eigenvalue weighted by Gasteiger charge is 2.23. The summed E-state index contributed by atoms with van der Waals surface area (Å²) in [6.45, 7) is 3.31. The molecule has 2 atom stereocenters. The van der Waals surface area contributed by atoms with E-state index in [1.54, 1.807) is 0 Å². The SMILES string of the molecule is CCC[C@@H](NC(=O)C(C)Oc1cccc(F)c1)C(=O)O. The van der Waals surface area contributed by atoms with Crippen molar-refractivity contribution < 1.29 is 23.8 Å². The molecule has 1 rings (SSSR count). The molecule has 1 aromatic rings. The van der Waals surface area contributed by atoms with Crippen molar-refractivity contribution in [3.63, 3.8) is 0 Å². The van der Waals surface area contributed by atoms with E-state index in [1.165, 1.54) is 25.1 Å². The standard InChI is InChI=1S/C14H18FNO4/c1-3-5-12(14(18)19)16-13(17)9(2)20-11-7-4-6-10(15)8-11/h4,6-9,12H,3,5H2,1-2H3,(H,16,17)(H,18,19)/t9?,12-/m1/s1. The van der Waals surface area contributed by atoms with E-state index < -0.39 is 29.8 Å². The zero-order valence-corrected chi connectivity index (χ0v) is 11.4. The van der Waals surface area contributed by atoms with Gasteiger partial charge in [0.25, 0.3) is 5.91 Å². The maximum absolute atomic E-state index is 13.0. The van der Waals surface area contributed by atoms with Crippen molar-refractivity contribution in [3.05, 3.63) is 30.1 Å². The van der Waals surface area contributed by atoms with Gasteiger partial charge in [-0.05, 0) is 25.5 Å². The summed E-state index contributed by atoms with van der Waals surface area (Å²) in [5.74, 6) is -1.88. The molecule has 0 aliphatic carbocycles. The van der Waals surface area contributed by atoms with Crippen LogP contribution in [0.4, 0.5) is 4.39 Å². The molecule has 1 unspecified atom stereocenters. The molecule has 0 saturated carbocycles. The highest BCUT2D eigenvalue weighted by molar-refractivity contribution is 5.86. The van der Waals surface area contributed by atoms with E-state index in [1.807, 2.05) is 6.92 Å². The number of amides is 1. The Morgan fingerprint density at radius 1 is 1.45 bits per heavy atom. The molecule has 0 heterocycles. The predicted molar refractivity (Wildman–Crippen MR) is 71.0 cm³/mol. The van der Waals surface area contributed by atoms with Crippen molar-refractivity contribution in [2.24, 2.45) is 0 Å². The highest BCUT2D eigenvalue weighted by atomic mass is 19.1. The van der Waals surface area contributed by atoms with E-state index in [9.17, 15) is 14.0 Å². The van der Waals surface area contributed by atoms with E-state index in [0.29, 0.717) is 12.8 Å². The molecule has 0 aliphatic rings. The number of rotatable bonds is 7. The van der Waals surface area contributed by atoms with Crippen molar-refractivity contribution in [2.75, 3.05) is 0 Å². The van der Waals surface area contributed by atoms with Gasteiger partial charge in [0.15, 0.2) is 6.10 Å². The second-order valence-electron chi connectivity index (χ2n) is 4.41. The van der Waals surface area contributed by atoms with Crippen LogP contribution in [0.3, 0.4) is 0 Å². The van der Waals surface area contributed by atoms with Gasteiger partial charge in [0.2, 0.25) is 0 Å². The Balaban J connectivity index is 2.60. The fourth-order valence-electron chi connectivity index (χ4n) is 1.63. The zero-order chi connectivity index (χ0) is 15.1. The Morgan fingerprint density at radius 3 is 2.70 bits per heavy atom. The summed E-state index contributed by atoms with van der Waals surface area (Å²) < 4.78 is 18.2. The number of halogens is 1. The van der Waals surface area contributed by atoms with E-state index in [0.717, 1.165) is 6.07 Å². The normalized spacial score (nSPS) is 13.3. The van der Waals surface area contributed by atoms with Crippen LogP contribution in [0, 0.1) is 5.82 Å². The molecule has 0 bridgehead atoms. The van der Waals surface area contributed by atoms with Crippen molar-refractivity contribution in [2.45, 2.75) is 38.8 Å². The Labute approximate surface area is 116 Å². The minimum absolute atomic E-state index is 0.218. The number of hydrogen-bond acceptors (Lipinski definition) is 3. The largest absolute Gasteiger partial charge is 0.481 e. The van der Waals surface area contributed by atoms with Crippen LogP contribution in [0.1, 0.15) is 26.7 Å². The van der Waals surface area contributed by atoms with Crippen LogP contribution >= 0.6 is 0 Å². The molecular formula is C14H18FNO4. The average molecular weight is 283 g/mol. The van der Waals surface area contributed by atoms with Crippen LogP contribution < -0.4 is 10.1 Å². The molecule has 1 amide bonds. The van der Waals surface area contributed by atoms with Crippen LogP contribution in [0.25, 0.3) is 0 Å². The number of aliphatic carboxylic acids is 1. The summed E-state index contributed by atoms with van der Waals surface area (Å²) in [6.07, 6.45) is 0.0694. The Kier molecular flexibility index (Phi) is 5.96. The number of carboxylic acids is 1. The molecule has 0 radical (unpaired) electrons. The topological polar surface area (TPSA) is 75.6 Å². The predicted octanol–water partition coefficient (Wildman–Crippen LogP) is 1.96. The summed E-state index contributed by atoms with van der Waals surface area (Å²) >= 11 is 0. The van der Waals surface area contributed by atoms with Gasteiger partial charge in [-0.2, -0.15) is 0 Å². The minimum Gasteiger partial charge on any atom is -0.481 e. The molecule has 2 N–H and O–H groups in total. The fraction of sp³-hybridized carbons (Fsp3) is 0.429. The summed E-state index contributed by atoms with van der Waals surface area (Å²) in [5.41, 5.74) is 0. The number of benzene rings is 1. The van der Waals surface area contributed by atoms with Crippen molar-refractivity contribution >= 4 is 11.9 Å². The number of hydrogen-bond donors (Lipinski definition) is 2. The number of ether oxygens (including phenoxy) is 1. The first kappa shape index (κ1) is 15.9. The van der Waals surface area contributed by atoms with E-state index in [-0.39, 0.29) is 5.75 Å². The molecule has 0 saturated heterocycles. The molecule has 5 nitrogen and oxygen atoms in total. The number of carbonyl (C=O) groups excluding carboxylic acids is 1. The fourth-order valence-corrected chi connectivity index (χ4v) is 1.63. The molecular weight excluding hydrogens is 265 g/mol. The van der Waals surface area contributed by atoms with E-state index >= 15 is 0 Å². The van der Waals surface area contributed by atoms with E-state index in [2.05, 4.69) is 5.32 Å². The number of nitrogens with one attached hydrogen (secondary N) is 1. The Hall–Kier alpha value is -2.11. The molecule has 0 aliphatic heterocycles. The lowest BCUT2D eigenvalue weighted by Crippen LogP contribution is -2.46. The van der Waals surface area contributed by atoms with Gasteiger partial charge in [-0.25, -0.2) is 9.18 Å². The van der Waals surface area contributed by atoms with Crippen molar-refractivity contribution in [1.29, 1.82) is 0 Å². The van der Waals surface area contributed by atoms with Gasteiger partial charge in [0.1, 0.15) is 17.6 Å². The lowest BCUT2D eigenvalue weighted by molar-refractivity contribution is -0.143. The molecule has 6 heteroatoms. The quantitative estimate of drug-likeness (QED) is 0.802. The second-order valence-corrected chi connectivity index (χ2v) is 4.41. The Bertz CT molecular complexity index is 478. The van der Waals surface area contributed by atoms with Gasteiger partial charge in [-0.15, -0.1) is 0 Å². The summed E-state index contributed by atoms with van der Waals surface area (Å²) in [4.78, 5) is 22.8. The van der Waals surface area contributed by atoms with Gasteiger partial charge in [0, 0.05) is 6.07 Å². The van der Waals surface area contributed by atoms with Crippen LogP contribution in [0.5, 0.6) is 5.75 Å². The highest BCUT2D eigenvalue weighted by Crippen LogP contribution is 2.14. The first-order chi connectivity index (χ1) is 9.43. The first-order valence-corrected chi connectivity index (χ1v) is 6.39. The maximum Gasteiger partial charge on any atom is 0.326 e. The van der Waals surface area contributed by atoms with Crippen LogP contribution in [0.2, 0.25) is 0 Å². The molecule has 1 aromatic carbocycles. The van der Waals surface area contributed by atoms with Crippen LogP contribution in [0.15, 0.2) is 24.3 Å². The van der Waals surface area contributed by atoms with Gasteiger partial charge in [-0.3, -0.25) is 4.79 Å². The molecule has 0 aromatic heterocycles.